The number of piperidine rings is 1. The van der Waals surface area contributed by atoms with Gasteiger partial charge in [-0.15, -0.1) is 0 Å². The predicted molar refractivity (Wildman–Crippen MR) is 131 cm³/mol. The van der Waals surface area contributed by atoms with Crippen LogP contribution in [-0.2, 0) is 14.8 Å². The summed E-state index contributed by atoms with van der Waals surface area (Å²) in [5, 5.41) is 1.14. The molecule has 0 saturated carbocycles. The molecule has 2 aromatic heterocycles. The van der Waals surface area contributed by atoms with Gasteiger partial charge in [0.2, 0.25) is 15.9 Å². The molecule has 10 heteroatoms. The standard InChI is InChI=1S/C25H29N5O4S/c1-18(31)28-13-15-30(16-14-28)35(33,34)21-6-4-20(5-7-21)25(32)29-11-8-19(9-12-29)23-17-27-24-22(23)3-2-10-26-24/h2-7,10,17,19H,8-9,11-16H2,1H3,(H,26,27). The highest BCUT2D eigenvalue weighted by molar-refractivity contribution is 7.89. The third kappa shape index (κ3) is 4.55. The molecule has 0 bridgehead atoms. The predicted octanol–water partition coefficient (Wildman–Crippen LogP) is 2.44. The molecule has 4 heterocycles. The van der Waals surface area contributed by atoms with Gasteiger partial charge in [-0.25, -0.2) is 13.4 Å². The Morgan fingerprint density at radius 2 is 1.63 bits per heavy atom. The molecule has 2 fully saturated rings. The summed E-state index contributed by atoms with van der Waals surface area (Å²) in [7, 11) is -3.67. The number of pyridine rings is 1. The van der Waals surface area contributed by atoms with Crippen LogP contribution in [0.5, 0.6) is 0 Å². The molecule has 0 unspecified atom stereocenters. The van der Waals surface area contributed by atoms with Gasteiger partial charge in [-0.05, 0) is 60.7 Å². The zero-order chi connectivity index (χ0) is 24.6. The van der Waals surface area contributed by atoms with Gasteiger partial charge in [0.05, 0.1) is 4.90 Å². The third-order valence-corrected chi connectivity index (χ3v) is 9.04. The molecule has 0 atom stereocenters. The van der Waals surface area contributed by atoms with E-state index in [4.69, 9.17) is 0 Å². The van der Waals surface area contributed by atoms with Gasteiger partial charge in [-0.1, -0.05) is 0 Å². The summed E-state index contributed by atoms with van der Waals surface area (Å²) in [5.41, 5.74) is 2.62. The van der Waals surface area contributed by atoms with Gasteiger partial charge in [0, 0.05) is 69.5 Å². The molecular formula is C25H29N5O4S. The monoisotopic (exact) mass is 495 g/mol. The lowest BCUT2D eigenvalue weighted by Gasteiger charge is -2.33. The minimum Gasteiger partial charge on any atom is -0.346 e. The SMILES string of the molecule is CC(=O)N1CCN(S(=O)(=O)c2ccc(C(=O)N3CCC(c4c[nH]c5ncccc45)CC3)cc2)CC1. The second-order valence-electron chi connectivity index (χ2n) is 9.14. The molecule has 1 aromatic carbocycles. The van der Waals surface area contributed by atoms with Gasteiger partial charge in [0.25, 0.3) is 5.91 Å². The molecule has 2 aliphatic heterocycles. The van der Waals surface area contributed by atoms with E-state index in [-0.39, 0.29) is 29.8 Å². The quantitative estimate of drug-likeness (QED) is 0.598. The average Bonchev–Trinajstić information content (AvgIpc) is 3.33. The normalized spacial score (nSPS) is 18.2. The van der Waals surface area contributed by atoms with Crippen LogP contribution >= 0.6 is 0 Å². The molecule has 1 N–H and O–H groups in total. The minimum atomic E-state index is -3.67. The van der Waals surface area contributed by atoms with Gasteiger partial charge < -0.3 is 14.8 Å². The Balaban J connectivity index is 1.21. The highest BCUT2D eigenvalue weighted by Crippen LogP contribution is 2.33. The number of aromatic amines is 1. The maximum Gasteiger partial charge on any atom is 0.253 e. The Bertz CT molecular complexity index is 1340. The van der Waals surface area contributed by atoms with Crippen LogP contribution in [0.15, 0.2) is 53.7 Å². The molecule has 2 saturated heterocycles. The summed E-state index contributed by atoms with van der Waals surface area (Å²) in [4.78, 5) is 35.8. The fourth-order valence-corrected chi connectivity index (χ4v) is 6.48. The first-order valence-corrected chi connectivity index (χ1v) is 13.4. The Hall–Kier alpha value is -3.24. The fraction of sp³-hybridized carbons (Fsp3) is 0.400. The van der Waals surface area contributed by atoms with E-state index in [9.17, 15) is 18.0 Å². The van der Waals surface area contributed by atoms with Gasteiger partial charge in [0.1, 0.15) is 5.65 Å². The summed E-state index contributed by atoms with van der Waals surface area (Å²) in [6.07, 6.45) is 5.53. The van der Waals surface area contributed by atoms with E-state index in [0.717, 1.165) is 23.9 Å². The van der Waals surface area contributed by atoms with E-state index < -0.39 is 10.0 Å². The summed E-state index contributed by atoms with van der Waals surface area (Å²) in [6, 6.07) is 10.2. The highest BCUT2D eigenvalue weighted by atomic mass is 32.2. The number of likely N-dealkylation sites (tertiary alicyclic amines) is 1. The molecule has 9 nitrogen and oxygen atoms in total. The number of hydrogen-bond donors (Lipinski definition) is 1. The summed E-state index contributed by atoms with van der Waals surface area (Å²) >= 11 is 0. The van der Waals surface area contributed by atoms with Crippen molar-refractivity contribution in [2.75, 3.05) is 39.3 Å². The minimum absolute atomic E-state index is 0.0487. The summed E-state index contributed by atoms with van der Waals surface area (Å²) < 4.78 is 27.4. The second kappa shape index (κ2) is 9.43. The summed E-state index contributed by atoms with van der Waals surface area (Å²) in [5.74, 6) is 0.239. The first-order valence-electron chi connectivity index (χ1n) is 11.9. The highest BCUT2D eigenvalue weighted by Gasteiger charge is 2.30. The van der Waals surface area contributed by atoms with Gasteiger partial charge in [-0.2, -0.15) is 4.31 Å². The molecular weight excluding hydrogens is 466 g/mol. The maximum atomic E-state index is 13.1. The van der Waals surface area contributed by atoms with Crippen molar-refractivity contribution in [2.24, 2.45) is 0 Å². The van der Waals surface area contributed by atoms with Crippen molar-refractivity contribution in [3.8, 4) is 0 Å². The first-order chi connectivity index (χ1) is 16.8. The number of sulfonamides is 1. The van der Waals surface area contributed by atoms with E-state index in [1.54, 1.807) is 23.2 Å². The maximum absolute atomic E-state index is 13.1. The fourth-order valence-electron chi connectivity index (χ4n) is 5.05. The number of fused-ring (bicyclic) bond motifs is 1. The number of nitrogens with zero attached hydrogens (tertiary/aromatic N) is 4. The smallest absolute Gasteiger partial charge is 0.253 e. The molecule has 0 aliphatic carbocycles. The number of H-pyrrole nitrogens is 1. The van der Waals surface area contributed by atoms with Crippen LogP contribution in [0.25, 0.3) is 11.0 Å². The number of amides is 2. The lowest BCUT2D eigenvalue weighted by Crippen LogP contribution is -2.49. The topological polar surface area (TPSA) is 107 Å². The second-order valence-corrected chi connectivity index (χ2v) is 11.1. The average molecular weight is 496 g/mol. The van der Waals surface area contributed by atoms with Crippen LogP contribution in [0.1, 0.15) is 41.6 Å². The number of hydrogen-bond acceptors (Lipinski definition) is 5. The van der Waals surface area contributed by atoms with Crippen molar-refractivity contribution in [1.82, 2.24) is 24.1 Å². The number of piperazine rings is 1. The molecule has 3 aromatic rings. The summed E-state index contributed by atoms with van der Waals surface area (Å²) in [6.45, 7) is 4.09. The van der Waals surface area contributed by atoms with E-state index in [1.165, 1.54) is 28.9 Å². The number of aromatic nitrogens is 2. The van der Waals surface area contributed by atoms with Crippen molar-refractivity contribution in [3.05, 3.63) is 59.9 Å². The van der Waals surface area contributed by atoms with Crippen LogP contribution in [0, 0.1) is 0 Å². The van der Waals surface area contributed by atoms with Gasteiger partial charge >= 0.3 is 0 Å². The molecule has 5 rings (SSSR count). The molecule has 0 radical (unpaired) electrons. The van der Waals surface area contributed by atoms with Crippen molar-refractivity contribution < 1.29 is 18.0 Å². The van der Waals surface area contributed by atoms with E-state index in [2.05, 4.69) is 16.0 Å². The number of rotatable bonds is 4. The van der Waals surface area contributed by atoms with Crippen molar-refractivity contribution in [1.29, 1.82) is 0 Å². The Labute approximate surface area is 204 Å². The molecule has 0 spiro atoms. The molecule has 2 aliphatic rings. The number of carbonyl (C=O) groups is 2. The van der Waals surface area contributed by atoms with Gasteiger partial charge in [-0.3, -0.25) is 9.59 Å². The van der Waals surface area contributed by atoms with Crippen LogP contribution < -0.4 is 0 Å². The van der Waals surface area contributed by atoms with Crippen LogP contribution in [0.4, 0.5) is 0 Å². The Kier molecular flexibility index (Phi) is 6.33. The third-order valence-electron chi connectivity index (χ3n) is 7.13. The van der Waals surface area contributed by atoms with Crippen molar-refractivity contribution in [3.63, 3.8) is 0 Å². The van der Waals surface area contributed by atoms with Gasteiger partial charge in [0.15, 0.2) is 0 Å². The van der Waals surface area contributed by atoms with Crippen molar-refractivity contribution >= 4 is 32.9 Å². The van der Waals surface area contributed by atoms with E-state index in [1.807, 2.05) is 17.2 Å². The van der Waals surface area contributed by atoms with Crippen LogP contribution in [-0.4, -0.2) is 83.6 Å². The molecule has 184 valence electrons. The lowest BCUT2D eigenvalue weighted by molar-refractivity contribution is -0.129. The number of carbonyl (C=O) groups excluding carboxylic acids is 2. The molecule has 2 amide bonds. The first kappa shape index (κ1) is 23.5. The van der Waals surface area contributed by atoms with Crippen molar-refractivity contribution in [2.45, 2.75) is 30.6 Å². The zero-order valence-electron chi connectivity index (χ0n) is 19.7. The number of nitrogens with one attached hydrogen (secondary N) is 1. The van der Waals surface area contributed by atoms with Crippen LogP contribution in [0.3, 0.4) is 0 Å². The number of benzene rings is 1. The Morgan fingerprint density at radius 3 is 2.29 bits per heavy atom. The Morgan fingerprint density at radius 1 is 0.943 bits per heavy atom. The largest absolute Gasteiger partial charge is 0.346 e. The molecule has 35 heavy (non-hydrogen) atoms. The lowest BCUT2D eigenvalue weighted by atomic mass is 9.89. The zero-order valence-corrected chi connectivity index (χ0v) is 20.5. The van der Waals surface area contributed by atoms with E-state index >= 15 is 0 Å². The van der Waals surface area contributed by atoms with Crippen LogP contribution in [0.2, 0.25) is 0 Å². The van der Waals surface area contributed by atoms with E-state index in [0.29, 0.717) is 37.7 Å².